The van der Waals surface area contributed by atoms with Crippen LogP contribution in [0.1, 0.15) is 30.6 Å². The van der Waals surface area contributed by atoms with Crippen molar-refractivity contribution in [2.45, 2.75) is 26.3 Å². The van der Waals surface area contributed by atoms with E-state index in [0.717, 1.165) is 18.0 Å². The van der Waals surface area contributed by atoms with Crippen molar-refractivity contribution in [2.75, 3.05) is 46.2 Å². The lowest BCUT2D eigenvalue weighted by Gasteiger charge is -2.36. The molecule has 0 radical (unpaired) electrons. The van der Waals surface area contributed by atoms with Crippen LogP contribution in [0.2, 0.25) is 0 Å². The van der Waals surface area contributed by atoms with E-state index in [0.29, 0.717) is 24.5 Å². The Morgan fingerprint density at radius 1 is 1.28 bits per heavy atom. The van der Waals surface area contributed by atoms with Crippen LogP contribution in [0.5, 0.6) is 5.75 Å². The van der Waals surface area contributed by atoms with Gasteiger partial charge in [0.05, 0.1) is 18.2 Å². The van der Waals surface area contributed by atoms with E-state index in [2.05, 4.69) is 13.8 Å². The topological polar surface area (TPSA) is 53.1 Å². The second-order valence-corrected chi connectivity index (χ2v) is 7.33. The number of likely N-dealkylation sites (N-methyl/N-ethyl adjacent to an activating group) is 1. The summed E-state index contributed by atoms with van der Waals surface area (Å²) in [5.41, 5.74) is 1.46. The van der Waals surface area contributed by atoms with Gasteiger partial charge in [0.15, 0.2) is 0 Å². The molecule has 0 unspecified atom stereocenters. The van der Waals surface area contributed by atoms with Gasteiger partial charge in [0.25, 0.3) is 5.91 Å². The van der Waals surface area contributed by atoms with Crippen molar-refractivity contribution in [3.63, 3.8) is 0 Å². The van der Waals surface area contributed by atoms with E-state index >= 15 is 0 Å². The quantitative estimate of drug-likeness (QED) is 0.818. The first-order valence-electron chi connectivity index (χ1n) is 8.66. The fraction of sp³-hybridized carbons (Fsp3) is 0.579. The van der Waals surface area contributed by atoms with Gasteiger partial charge in [-0.05, 0) is 24.1 Å². The van der Waals surface area contributed by atoms with E-state index in [1.54, 1.807) is 30.0 Å². The van der Waals surface area contributed by atoms with Gasteiger partial charge in [-0.3, -0.25) is 9.59 Å². The largest absolute Gasteiger partial charge is 0.489 e. The third-order valence-corrected chi connectivity index (χ3v) is 4.45. The number of carbonyl (C=O) groups excluding carboxylic acids is 2. The third-order valence-electron chi connectivity index (χ3n) is 4.45. The van der Waals surface area contributed by atoms with Gasteiger partial charge in [0, 0.05) is 40.3 Å². The van der Waals surface area contributed by atoms with Crippen molar-refractivity contribution >= 4 is 17.5 Å². The van der Waals surface area contributed by atoms with Crippen LogP contribution < -0.4 is 9.64 Å². The molecule has 1 aliphatic heterocycles. The third kappa shape index (κ3) is 4.44. The molecule has 0 aliphatic carbocycles. The fourth-order valence-corrected chi connectivity index (χ4v) is 3.00. The van der Waals surface area contributed by atoms with E-state index in [9.17, 15) is 9.59 Å². The molecule has 1 aromatic rings. The van der Waals surface area contributed by atoms with Gasteiger partial charge in [-0.25, -0.2) is 0 Å². The number of ether oxygens (including phenoxy) is 1. The monoisotopic (exact) mass is 347 g/mol. The smallest absolute Gasteiger partial charge is 0.253 e. The Morgan fingerprint density at radius 3 is 2.56 bits per heavy atom. The molecule has 0 spiro atoms. The SMILES string of the molecule is CC(C)CN(C)C(=O)C[C@H]1COc2ccc(C(=O)N(C)C)cc2N1C. The zero-order valence-electron chi connectivity index (χ0n) is 16.1. The Morgan fingerprint density at radius 2 is 1.96 bits per heavy atom. The van der Waals surface area contributed by atoms with E-state index in [-0.39, 0.29) is 17.9 Å². The van der Waals surface area contributed by atoms with Gasteiger partial charge in [0.2, 0.25) is 5.91 Å². The zero-order chi connectivity index (χ0) is 18.7. The Kier molecular flexibility index (Phi) is 5.93. The van der Waals surface area contributed by atoms with Crippen molar-refractivity contribution in [3.05, 3.63) is 23.8 Å². The van der Waals surface area contributed by atoms with Crippen LogP contribution >= 0.6 is 0 Å². The molecule has 1 aliphatic rings. The summed E-state index contributed by atoms with van der Waals surface area (Å²) in [5, 5.41) is 0. The molecule has 6 heteroatoms. The number of benzene rings is 1. The minimum atomic E-state index is -0.0499. The molecule has 0 aromatic heterocycles. The summed E-state index contributed by atoms with van der Waals surface area (Å²) in [5.74, 6) is 1.25. The molecule has 0 saturated carbocycles. The number of carbonyl (C=O) groups is 2. The van der Waals surface area contributed by atoms with E-state index in [1.165, 1.54) is 0 Å². The van der Waals surface area contributed by atoms with Crippen molar-refractivity contribution in [2.24, 2.45) is 5.92 Å². The Hall–Kier alpha value is -2.24. The van der Waals surface area contributed by atoms with Crippen LogP contribution in [0.4, 0.5) is 5.69 Å². The molecule has 2 amide bonds. The van der Waals surface area contributed by atoms with E-state index < -0.39 is 0 Å². The highest BCUT2D eigenvalue weighted by Crippen LogP contribution is 2.34. The number of fused-ring (bicyclic) bond motifs is 1. The number of nitrogens with zero attached hydrogens (tertiary/aromatic N) is 3. The molecular formula is C19H29N3O3. The van der Waals surface area contributed by atoms with Crippen LogP contribution in [0.15, 0.2) is 18.2 Å². The van der Waals surface area contributed by atoms with E-state index in [1.807, 2.05) is 31.1 Å². The molecule has 1 aromatic carbocycles. The Labute approximate surface area is 150 Å². The maximum absolute atomic E-state index is 12.5. The number of amides is 2. The lowest BCUT2D eigenvalue weighted by molar-refractivity contribution is -0.130. The highest BCUT2D eigenvalue weighted by Gasteiger charge is 2.28. The van der Waals surface area contributed by atoms with E-state index in [4.69, 9.17) is 4.74 Å². The summed E-state index contributed by atoms with van der Waals surface area (Å²) in [6, 6.07) is 5.40. The van der Waals surface area contributed by atoms with Crippen LogP contribution in [-0.4, -0.2) is 69.0 Å². The molecular weight excluding hydrogens is 318 g/mol. The predicted molar refractivity (Wildman–Crippen MR) is 99.2 cm³/mol. The zero-order valence-corrected chi connectivity index (χ0v) is 16.1. The molecule has 0 N–H and O–H groups in total. The molecule has 138 valence electrons. The molecule has 0 saturated heterocycles. The summed E-state index contributed by atoms with van der Waals surface area (Å²) >= 11 is 0. The lowest BCUT2D eigenvalue weighted by atomic mass is 10.1. The van der Waals surface area contributed by atoms with Crippen molar-refractivity contribution in [3.8, 4) is 5.75 Å². The number of hydrogen-bond donors (Lipinski definition) is 0. The summed E-state index contributed by atoms with van der Waals surface area (Å²) < 4.78 is 5.83. The maximum atomic E-state index is 12.5. The van der Waals surface area contributed by atoms with Crippen LogP contribution in [-0.2, 0) is 4.79 Å². The molecule has 6 nitrogen and oxygen atoms in total. The molecule has 2 rings (SSSR count). The standard InChI is InChI=1S/C19H29N3O3/c1-13(2)11-21(5)18(23)10-15-12-25-17-8-7-14(19(24)20(3)4)9-16(17)22(15)6/h7-9,13,15H,10-12H2,1-6H3/t15-/m0/s1. The fourth-order valence-electron chi connectivity index (χ4n) is 3.00. The summed E-state index contributed by atoms with van der Waals surface area (Å²) in [6.45, 7) is 5.40. The van der Waals surface area contributed by atoms with Gasteiger partial charge < -0.3 is 19.4 Å². The highest BCUT2D eigenvalue weighted by molar-refractivity contribution is 5.95. The van der Waals surface area contributed by atoms with Crippen molar-refractivity contribution in [1.29, 1.82) is 0 Å². The van der Waals surface area contributed by atoms with Gasteiger partial charge in [-0.2, -0.15) is 0 Å². The average Bonchev–Trinajstić information content (AvgIpc) is 2.55. The molecule has 0 bridgehead atoms. The molecule has 1 heterocycles. The van der Waals surface area contributed by atoms with Crippen LogP contribution in [0.25, 0.3) is 0 Å². The molecule has 25 heavy (non-hydrogen) atoms. The number of rotatable bonds is 5. The van der Waals surface area contributed by atoms with Crippen molar-refractivity contribution < 1.29 is 14.3 Å². The lowest BCUT2D eigenvalue weighted by Crippen LogP contribution is -2.44. The maximum Gasteiger partial charge on any atom is 0.253 e. The number of anilines is 1. The summed E-state index contributed by atoms with van der Waals surface area (Å²) in [4.78, 5) is 30.0. The number of hydrogen-bond acceptors (Lipinski definition) is 4. The van der Waals surface area contributed by atoms with Gasteiger partial charge in [-0.15, -0.1) is 0 Å². The normalized spacial score (nSPS) is 16.3. The predicted octanol–water partition coefficient (Wildman–Crippen LogP) is 2.09. The average molecular weight is 347 g/mol. The van der Waals surface area contributed by atoms with Crippen LogP contribution in [0, 0.1) is 5.92 Å². The first kappa shape index (κ1) is 19.1. The molecule has 0 fully saturated rings. The Balaban J connectivity index is 2.14. The molecule has 1 atom stereocenters. The van der Waals surface area contributed by atoms with Gasteiger partial charge >= 0.3 is 0 Å². The minimum Gasteiger partial charge on any atom is -0.489 e. The highest BCUT2D eigenvalue weighted by atomic mass is 16.5. The van der Waals surface area contributed by atoms with Crippen molar-refractivity contribution in [1.82, 2.24) is 9.80 Å². The first-order chi connectivity index (χ1) is 11.7. The second-order valence-electron chi connectivity index (χ2n) is 7.33. The van der Waals surface area contributed by atoms with Gasteiger partial charge in [-0.1, -0.05) is 13.8 Å². The first-order valence-corrected chi connectivity index (χ1v) is 8.66. The second kappa shape index (κ2) is 7.76. The minimum absolute atomic E-state index is 0.0423. The summed E-state index contributed by atoms with van der Waals surface area (Å²) in [7, 11) is 7.25. The Bertz CT molecular complexity index is 643. The van der Waals surface area contributed by atoms with Gasteiger partial charge in [0.1, 0.15) is 12.4 Å². The van der Waals surface area contributed by atoms with Crippen LogP contribution in [0.3, 0.4) is 0 Å². The summed E-state index contributed by atoms with van der Waals surface area (Å²) in [6.07, 6.45) is 0.394.